The minimum Gasteiger partial charge on any atom is -0.390 e. The Bertz CT molecular complexity index is 578. The molecule has 1 saturated heterocycles. The van der Waals surface area contributed by atoms with Crippen LogP contribution >= 0.6 is 0 Å². The number of likely N-dealkylation sites (tertiary alicyclic amines) is 1. The number of aliphatic hydroxyl groups is 1. The third-order valence-corrected chi connectivity index (χ3v) is 5.48. The summed E-state index contributed by atoms with van der Waals surface area (Å²) in [6.45, 7) is 11.4. The molecule has 1 fully saturated rings. The fourth-order valence-electron chi connectivity index (χ4n) is 4.11. The molecule has 4 nitrogen and oxygen atoms in total. The molecule has 24 heavy (non-hydrogen) atoms. The molecular weight excluding hydrogens is 300 g/mol. The molecule has 2 heterocycles. The van der Waals surface area contributed by atoms with Crippen molar-refractivity contribution in [3.05, 3.63) is 48.6 Å². The van der Waals surface area contributed by atoms with Gasteiger partial charge in [-0.15, -0.1) is 13.2 Å². The van der Waals surface area contributed by atoms with Gasteiger partial charge in [0.05, 0.1) is 6.10 Å². The van der Waals surface area contributed by atoms with E-state index in [2.05, 4.69) is 24.1 Å². The van der Waals surface area contributed by atoms with Crippen molar-refractivity contribution in [2.45, 2.75) is 25.4 Å². The summed E-state index contributed by atoms with van der Waals surface area (Å²) in [5.41, 5.74) is 2.08. The average molecular weight is 328 g/mol. The minimum atomic E-state index is -0.509. The van der Waals surface area contributed by atoms with Crippen LogP contribution in [-0.2, 0) is 4.79 Å². The number of hydrogen-bond acceptors (Lipinski definition) is 3. The van der Waals surface area contributed by atoms with Crippen molar-refractivity contribution < 1.29 is 9.90 Å². The smallest absolute Gasteiger partial charge is 0.254 e. The summed E-state index contributed by atoms with van der Waals surface area (Å²) in [6, 6.07) is 0. The third kappa shape index (κ3) is 3.55. The zero-order valence-corrected chi connectivity index (χ0v) is 14.4. The summed E-state index contributed by atoms with van der Waals surface area (Å²) >= 11 is 0. The Kier molecular flexibility index (Phi) is 5.36. The van der Waals surface area contributed by atoms with Gasteiger partial charge in [-0.1, -0.05) is 24.3 Å². The van der Waals surface area contributed by atoms with Crippen LogP contribution in [0, 0.1) is 11.8 Å². The highest BCUT2D eigenvalue weighted by Crippen LogP contribution is 2.28. The van der Waals surface area contributed by atoms with Crippen LogP contribution < -0.4 is 0 Å². The van der Waals surface area contributed by atoms with Crippen molar-refractivity contribution >= 4 is 5.91 Å². The summed E-state index contributed by atoms with van der Waals surface area (Å²) < 4.78 is 0. The van der Waals surface area contributed by atoms with E-state index < -0.39 is 6.10 Å². The predicted molar refractivity (Wildman–Crippen MR) is 96.4 cm³/mol. The lowest BCUT2D eigenvalue weighted by Gasteiger charge is -2.37. The van der Waals surface area contributed by atoms with Gasteiger partial charge in [-0.25, -0.2) is 0 Å². The van der Waals surface area contributed by atoms with E-state index in [1.807, 2.05) is 18.2 Å². The Morgan fingerprint density at radius 1 is 1.29 bits per heavy atom. The van der Waals surface area contributed by atoms with Gasteiger partial charge in [0.15, 0.2) is 0 Å². The van der Waals surface area contributed by atoms with Gasteiger partial charge in [0.25, 0.3) is 5.91 Å². The number of carbonyl (C=O) groups excluding carboxylic acids is 1. The van der Waals surface area contributed by atoms with Gasteiger partial charge in [0.1, 0.15) is 0 Å². The Labute approximate surface area is 144 Å². The number of rotatable bonds is 6. The quantitative estimate of drug-likeness (QED) is 0.760. The summed E-state index contributed by atoms with van der Waals surface area (Å²) in [4.78, 5) is 16.5. The molecular formula is C20H28N2O2. The van der Waals surface area contributed by atoms with E-state index >= 15 is 0 Å². The van der Waals surface area contributed by atoms with Gasteiger partial charge in [-0.3, -0.25) is 4.79 Å². The number of carbonyl (C=O) groups is 1. The molecule has 0 aromatic carbocycles. The van der Waals surface area contributed by atoms with Gasteiger partial charge in [-0.05, 0) is 43.2 Å². The molecule has 130 valence electrons. The first-order valence-corrected chi connectivity index (χ1v) is 8.95. The maximum absolute atomic E-state index is 12.4. The molecule has 2 aliphatic heterocycles. The van der Waals surface area contributed by atoms with E-state index in [1.54, 1.807) is 4.90 Å². The number of hydrogen-bond donors (Lipinski definition) is 1. The van der Waals surface area contributed by atoms with Gasteiger partial charge >= 0.3 is 0 Å². The monoisotopic (exact) mass is 328 g/mol. The third-order valence-electron chi connectivity index (χ3n) is 5.48. The van der Waals surface area contributed by atoms with E-state index in [4.69, 9.17) is 0 Å². The Balaban J connectivity index is 1.51. The number of nitrogens with zero attached hydrogens (tertiary/aromatic N) is 2. The highest BCUT2D eigenvalue weighted by atomic mass is 16.3. The second-order valence-electron chi connectivity index (χ2n) is 7.15. The second-order valence-corrected chi connectivity index (χ2v) is 7.15. The molecule has 3 unspecified atom stereocenters. The van der Waals surface area contributed by atoms with Crippen molar-refractivity contribution in [1.29, 1.82) is 0 Å². The molecule has 0 aromatic rings. The van der Waals surface area contributed by atoms with E-state index in [0.717, 1.165) is 37.9 Å². The van der Waals surface area contributed by atoms with Crippen LogP contribution in [0.1, 0.15) is 19.3 Å². The molecule has 1 amide bonds. The number of amides is 1. The molecule has 0 radical (unpaired) electrons. The van der Waals surface area contributed by atoms with E-state index in [0.29, 0.717) is 31.5 Å². The van der Waals surface area contributed by atoms with Crippen molar-refractivity contribution in [2.75, 3.05) is 32.7 Å². The number of β-amino-alcohol motifs (C(OH)–C–C–N with tert-alkyl or cyclic N) is 1. The predicted octanol–water partition coefficient (Wildman–Crippen LogP) is 2.15. The second kappa shape index (κ2) is 7.49. The zero-order chi connectivity index (χ0) is 17.1. The molecule has 1 aliphatic carbocycles. The van der Waals surface area contributed by atoms with Crippen LogP contribution in [0.3, 0.4) is 0 Å². The fraction of sp³-hybridized carbons (Fsp3) is 0.550. The molecule has 3 atom stereocenters. The minimum absolute atomic E-state index is 0.0781. The fourth-order valence-corrected chi connectivity index (χ4v) is 4.11. The number of allylic oxidation sites excluding steroid dienone is 2. The van der Waals surface area contributed by atoms with Crippen LogP contribution in [0.4, 0.5) is 0 Å². The van der Waals surface area contributed by atoms with Crippen LogP contribution in [0.5, 0.6) is 0 Å². The van der Waals surface area contributed by atoms with E-state index in [9.17, 15) is 9.90 Å². The Hall–Kier alpha value is -1.65. The van der Waals surface area contributed by atoms with Crippen LogP contribution in [-0.4, -0.2) is 59.6 Å². The first-order valence-electron chi connectivity index (χ1n) is 8.95. The lowest BCUT2D eigenvalue weighted by molar-refractivity contribution is -0.126. The Morgan fingerprint density at radius 3 is 2.79 bits per heavy atom. The van der Waals surface area contributed by atoms with Gasteiger partial charge in [0, 0.05) is 31.8 Å². The lowest BCUT2D eigenvalue weighted by atomic mass is 9.85. The number of piperidine rings is 1. The molecule has 4 heteroatoms. The van der Waals surface area contributed by atoms with Gasteiger partial charge in [0.2, 0.25) is 0 Å². The highest BCUT2D eigenvalue weighted by molar-refractivity contribution is 6.00. The van der Waals surface area contributed by atoms with Gasteiger partial charge in [-0.2, -0.15) is 0 Å². The van der Waals surface area contributed by atoms with Crippen molar-refractivity contribution in [3.63, 3.8) is 0 Å². The topological polar surface area (TPSA) is 43.8 Å². The molecule has 0 spiro atoms. The average Bonchev–Trinajstić information content (AvgIpc) is 2.91. The van der Waals surface area contributed by atoms with Crippen LogP contribution in [0.15, 0.2) is 48.6 Å². The largest absolute Gasteiger partial charge is 0.390 e. The van der Waals surface area contributed by atoms with E-state index in [-0.39, 0.29) is 5.91 Å². The van der Waals surface area contributed by atoms with Crippen LogP contribution in [0.2, 0.25) is 0 Å². The molecule has 0 aromatic heterocycles. The first kappa shape index (κ1) is 17.2. The lowest BCUT2D eigenvalue weighted by Crippen LogP contribution is -2.46. The maximum atomic E-state index is 12.4. The van der Waals surface area contributed by atoms with Gasteiger partial charge < -0.3 is 14.9 Å². The summed E-state index contributed by atoms with van der Waals surface area (Å²) in [7, 11) is 0. The van der Waals surface area contributed by atoms with Crippen molar-refractivity contribution in [3.8, 4) is 0 Å². The molecule has 3 aliphatic rings. The van der Waals surface area contributed by atoms with E-state index in [1.165, 1.54) is 5.57 Å². The zero-order valence-electron chi connectivity index (χ0n) is 14.4. The highest BCUT2D eigenvalue weighted by Gasteiger charge is 2.32. The maximum Gasteiger partial charge on any atom is 0.254 e. The first-order chi connectivity index (χ1) is 11.6. The molecule has 0 bridgehead atoms. The standard InChI is InChI=1S/C20H28N2O2/c1-3-15-9-10-21(11-16(15)4-2)13-18(23)14-22-12-17-7-5-6-8-19(17)20(22)24/h3-4,6,8,15-16,18,23H,1-2,5,7,9-14H2. The van der Waals surface area contributed by atoms with Crippen molar-refractivity contribution in [2.24, 2.45) is 11.8 Å². The summed E-state index contributed by atoms with van der Waals surface area (Å²) in [5.74, 6) is 0.962. The molecule has 3 rings (SSSR count). The molecule has 1 N–H and O–H groups in total. The van der Waals surface area contributed by atoms with Crippen molar-refractivity contribution in [1.82, 2.24) is 9.80 Å². The SMILES string of the molecule is C=CC1CCN(CC(O)CN2CC3=C(C=CCC3)C2=O)CC1C=C. The Morgan fingerprint density at radius 2 is 2.08 bits per heavy atom. The normalized spacial score (nSPS) is 28.9. The number of aliphatic hydroxyl groups excluding tert-OH is 1. The van der Waals surface area contributed by atoms with Crippen LogP contribution in [0.25, 0.3) is 0 Å². The summed E-state index contributed by atoms with van der Waals surface area (Å²) in [6.07, 6.45) is 10.6. The summed E-state index contributed by atoms with van der Waals surface area (Å²) in [5, 5.41) is 10.5. The molecule has 0 saturated carbocycles.